The Labute approximate surface area is 255 Å². The van der Waals surface area contributed by atoms with E-state index in [-0.39, 0.29) is 30.3 Å². The average Bonchev–Trinajstić information content (AvgIpc) is 3.27. The number of rotatable bonds is 11. The number of amides is 3. The lowest BCUT2D eigenvalue weighted by Crippen LogP contribution is -2.45. The minimum Gasteiger partial charge on any atom is -0.493 e. The van der Waals surface area contributed by atoms with Gasteiger partial charge in [0, 0.05) is 33.9 Å². The number of benzene rings is 2. The standard InChI is InChI=1S/C32H35N5O7/c1-7-43-31(40)29-19(3)34-32(41)35-30(29)23-10-13-26(27(15-23)42-6)44-17-28(39)36-33-16-24-14-18(2)37(20(24)4)25-11-8-22(9-12-25)21(5)38/h8-16,30H,7,17H2,1-6H3,(H,36,39)(H2,34,35,41)/b33-16-/t30-/m0/s1. The number of Topliss-reactive ketones (excluding diaryl/α,β-unsaturated/α-hetero) is 1. The van der Waals surface area contributed by atoms with Crippen molar-refractivity contribution in [1.29, 1.82) is 0 Å². The first-order valence-electron chi connectivity index (χ1n) is 13.9. The Kier molecular flexibility index (Phi) is 9.84. The van der Waals surface area contributed by atoms with Gasteiger partial charge in [-0.15, -0.1) is 0 Å². The molecule has 0 fully saturated rings. The Morgan fingerprint density at radius 3 is 2.43 bits per heavy atom. The van der Waals surface area contributed by atoms with Gasteiger partial charge in [0.1, 0.15) is 0 Å². The van der Waals surface area contributed by atoms with Crippen molar-refractivity contribution in [3.63, 3.8) is 0 Å². The number of hydrogen-bond acceptors (Lipinski definition) is 8. The minimum atomic E-state index is -0.773. The number of aryl methyl sites for hydroxylation is 1. The number of carbonyl (C=O) groups excluding carboxylic acids is 4. The van der Waals surface area contributed by atoms with Gasteiger partial charge in [-0.05, 0) is 82.6 Å². The summed E-state index contributed by atoms with van der Waals surface area (Å²) in [5.74, 6) is -0.451. The maximum absolute atomic E-state index is 12.6. The van der Waals surface area contributed by atoms with Crippen molar-refractivity contribution in [2.24, 2.45) is 5.10 Å². The smallest absolute Gasteiger partial charge is 0.338 e. The molecule has 2 aromatic carbocycles. The first kappa shape index (κ1) is 31.5. The second-order valence-electron chi connectivity index (χ2n) is 10.0. The molecular formula is C32H35N5O7. The van der Waals surface area contributed by atoms with Crippen molar-refractivity contribution >= 4 is 29.9 Å². The summed E-state index contributed by atoms with van der Waals surface area (Å²) in [7, 11) is 1.44. The Morgan fingerprint density at radius 1 is 1.05 bits per heavy atom. The van der Waals surface area contributed by atoms with Crippen molar-refractivity contribution < 1.29 is 33.4 Å². The number of hydrogen-bond donors (Lipinski definition) is 3. The summed E-state index contributed by atoms with van der Waals surface area (Å²) in [5, 5.41) is 9.41. The molecule has 1 aliphatic heterocycles. The summed E-state index contributed by atoms with van der Waals surface area (Å²) in [6.07, 6.45) is 1.56. The molecule has 1 aliphatic rings. The molecule has 2 heterocycles. The van der Waals surface area contributed by atoms with Crippen LogP contribution < -0.4 is 25.5 Å². The van der Waals surface area contributed by atoms with Gasteiger partial charge in [0.15, 0.2) is 23.9 Å². The summed E-state index contributed by atoms with van der Waals surface area (Å²) in [6, 6.07) is 12.9. The summed E-state index contributed by atoms with van der Waals surface area (Å²) in [5.41, 5.74) is 7.93. The maximum atomic E-state index is 12.6. The molecule has 3 amide bonds. The van der Waals surface area contributed by atoms with Crippen LogP contribution in [0.2, 0.25) is 0 Å². The Morgan fingerprint density at radius 2 is 1.77 bits per heavy atom. The van der Waals surface area contributed by atoms with Crippen molar-refractivity contribution in [1.82, 2.24) is 20.6 Å². The van der Waals surface area contributed by atoms with Crippen molar-refractivity contribution in [2.75, 3.05) is 20.3 Å². The fraction of sp³-hybridized carbons (Fsp3) is 0.281. The van der Waals surface area contributed by atoms with Crippen LogP contribution in [0.4, 0.5) is 4.79 Å². The fourth-order valence-corrected chi connectivity index (χ4v) is 4.92. The van der Waals surface area contributed by atoms with Gasteiger partial charge in [0.25, 0.3) is 5.91 Å². The second kappa shape index (κ2) is 13.7. The SMILES string of the molecule is CCOC(=O)C1=C(C)NC(=O)N[C@H]1c1ccc(OCC(=O)N/N=C\c2cc(C)n(-c3ccc(C(C)=O)cc3)c2C)c(OC)c1. The van der Waals surface area contributed by atoms with E-state index in [9.17, 15) is 19.2 Å². The Bertz CT molecular complexity index is 1650. The van der Waals surface area contributed by atoms with Gasteiger partial charge >= 0.3 is 12.0 Å². The second-order valence-corrected chi connectivity index (χ2v) is 10.0. The summed E-state index contributed by atoms with van der Waals surface area (Å²) in [6.45, 7) is 8.60. The third-order valence-electron chi connectivity index (χ3n) is 7.04. The third-order valence-corrected chi connectivity index (χ3v) is 7.04. The molecule has 0 aliphatic carbocycles. The number of esters is 1. The van der Waals surface area contributed by atoms with Gasteiger partial charge in [-0.1, -0.05) is 6.07 Å². The zero-order chi connectivity index (χ0) is 32.0. The average molecular weight is 602 g/mol. The highest BCUT2D eigenvalue weighted by atomic mass is 16.5. The van der Waals surface area contributed by atoms with Crippen LogP contribution in [0.3, 0.4) is 0 Å². The number of aromatic nitrogens is 1. The van der Waals surface area contributed by atoms with E-state index in [1.807, 2.05) is 36.6 Å². The molecule has 3 aromatic rings. The topological polar surface area (TPSA) is 149 Å². The van der Waals surface area contributed by atoms with E-state index in [1.54, 1.807) is 50.4 Å². The maximum Gasteiger partial charge on any atom is 0.338 e. The number of ether oxygens (including phenoxy) is 3. The highest BCUT2D eigenvalue weighted by Gasteiger charge is 2.32. The van der Waals surface area contributed by atoms with Crippen LogP contribution in [-0.2, 0) is 14.3 Å². The molecule has 12 nitrogen and oxygen atoms in total. The molecule has 0 saturated heterocycles. The molecule has 1 aromatic heterocycles. The Hall–Kier alpha value is -5.39. The minimum absolute atomic E-state index is 0.00447. The third kappa shape index (κ3) is 6.97. The molecule has 0 unspecified atom stereocenters. The van der Waals surface area contributed by atoms with E-state index in [0.717, 1.165) is 22.6 Å². The number of nitrogens with one attached hydrogen (secondary N) is 3. The number of hydrazone groups is 1. The van der Waals surface area contributed by atoms with E-state index in [0.29, 0.717) is 22.6 Å². The molecule has 3 N–H and O–H groups in total. The number of ketones is 1. The van der Waals surface area contributed by atoms with Gasteiger partial charge < -0.3 is 29.4 Å². The van der Waals surface area contributed by atoms with E-state index in [4.69, 9.17) is 14.2 Å². The molecule has 0 radical (unpaired) electrons. The monoisotopic (exact) mass is 601 g/mol. The normalized spacial score (nSPS) is 14.6. The first-order chi connectivity index (χ1) is 21.0. The van der Waals surface area contributed by atoms with Crippen LogP contribution in [0, 0.1) is 13.8 Å². The number of allylic oxidation sites excluding steroid dienone is 1. The van der Waals surface area contributed by atoms with E-state index in [2.05, 4.69) is 21.2 Å². The van der Waals surface area contributed by atoms with Crippen molar-refractivity contribution in [3.8, 4) is 17.2 Å². The zero-order valence-corrected chi connectivity index (χ0v) is 25.4. The van der Waals surface area contributed by atoms with Crippen LogP contribution in [0.1, 0.15) is 59.7 Å². The van der Waals surface area contributed by atoms with Crippen LogP contribution >= 0.6 is 0 Å². The lowest BCUT2D eigenvalue weighted by atomic mass is 9.95. The zero-order valence-electron chi connectivity index (χ0n) is 25.4. The molecular weight excluding hydrogens is 566 g/mol. The molecule has 0 bridgehead atoms. The molecule has 4 rings (SSSR count). The highest BCUT2D eigenvalue weighted by molar-refractivity contribution is 5.95. The van der Waals surface area contributed by atoms with Gasteiger partial charge in [-0.3, -0.25) is 9.59 Å². The number of urea groups is 1. The number of carbonyl (C=O) groups is 4. The summed E-state index contributed by atoms with van der Waals surface area (Å²) < 4.78 is 18.4. The van der Waals surface area contributed by atoms with E-state index < -0.39 is 23.9 Å². The first-order valence-corrected chi connectivity index (χ1v) is 13.9. The van der Waals surface area contributed by atoms with Gasteiger partial charge in [0.05, 0.1) is 31.5 Å². The lowest BCUT2D eigenvalue weighted by molar-refractivity contribution is -0.139. The van der Waals surface area contributed by atoms with Crippen molar-refractivity contribution in [3.05, 3.63) is 87.9 Å². The Balaban J connectivity index is 1.41. The van der Waals surface area contributed by atoms with Gasteiger partial charge in [0.2, 0.25) is 0 Å². The van der Waals surface area contributed by atoms with Gasteiger partial charge in [-0.2, -0.15) is 5.10 Å². The van der Waals surface area contributed by atoms with E-state index >= 15 is 0 Å². The van der Waals surface area contributed by atoms with Crippen LogP contribution in [0.5, 0.6) is 11.5 Å². The predicted molar refractivity (Wildman–Crippen MR) is 163 cm³/mol. The van der Waals surface area contributed by atoms with Crippen molar-refractivity contribution in [2.45, 2.75) is 40.7 Å². The van der Waals surface area contributed by atoms with Crippen LogP contribution in [0.25, 0.3) is 5.69 Å². The molecule has 1 atom stereocenters. The lowest BCUT2D eigenvalue weighted by Gasteiger charge is -2.28. The largest absolute Gasteiger partial charge is 0.493 e. The van der Waals surface area contributed by atoms with Crippen LogP contribution in [-0.4, -0.2) is 54.8 Å². The fourth-order valence-electron chi connectivity index (χ4n) is 4.92. The molecule has 12 heteroatoms. The van der Waals surface area contributed by atoms with E-state index in [1.165, 1.54) is 14.0 Å². The van der Waals surface area contributed by atoms with Crippen LogP contribution in [0.15, 0.2) is 64.9 Å². The van der Waals surface area contributed by atoms with Gasteiger partial charge in [-0.25, -0.2) is 15.0 Å². The quantitative estimate of drug-likeness (QED) is 0.130. The number of methoxy groups -OCH3 is 1. The molecule has 44 heavy (non-hydrogen) atoms. The molecule has 230 valence electrons. The number of nitrogens with zero attached hydrogens (tertiary/aromatic N) is 2. The molecule has 0 saturated carbocycles. The molecule has 0 spiro atoms. The predicted octanol–water partition coefficient (Wildman–Crippen LogP) is 4.03. The summed E-state index contributed by atoms with van der Waals surface area (Å²) >= 11 is 0. The highest BCUT2D eigenvalue weighted by Crippen LogP contribution is 2.34. The summed E-state index contributed by atoms with van der Waals surface area (Å²) in [4.78, 5) is 48.9.